The highest BCUT2D eigenvalue weighted by Gasteiger charge is 2.48. The molecule has 22 heavy (non-hydrogen) atoms. The summed E-state index contributed by atoms with van der Waals surface area (Å²) in [6.07, 6.45) is -12.6. The van der Waals surface area contributed by atoms with E-state index < -0.39 is 62.3 Å². The Hall–Kier alpha value is -0.290. The van der Waals surface area contributed by atoms with Crippen molar-refractivity contribution in [3.8, 4) is 0 Å². The summed E-state index contributed by atoms with van der Waals surface area (Å²) < 4.78 is 94.9. The maximum Gasteiger partial charge on any atom is 0.391 e. The predicted molar refractivity (Wildman–Crippen MR) is 74.3 cm³/mol. The first-order valence-corrected chi connectivity index (χ1v) is 8.31. The number of halogens is 7. The summed E-state index contributed by atoms with van der Waals surface area (Å²) in [4.78, 5) is -0.870. The normalized spacial score (nSPS) is 17.8. The van der Waals surface area contributed by atoms with Crippen molar-refractivity contribution >= 4 is 38.6 Å². The lowest BCUT2D eigenvalue weighted by atomic mass is 10.0. The molecular formula is C10H14ClF6NO2S2. The van der Waals surface area contributed by atoms with Crippen LogP contribution in [0.3, 0.4) is 0 Å². The molecule has 2 N–H and O–H groups in total. The van der Waals surface area contributed by atoms with Gasteiger partial charge in [-0.3, -0.25) is 0 Å². The van der Waals surface area contributed by atoms with Gasteiger partial charge in [0.1, 0.15) is 4.99 Å². The van der Waals surface area contributed by atoms with Crippen molar-refractivity contribution in [2.75, 3.05) is 5.75 Å². The molecule has 0 radical (unpaired) electrons. The van der Waals surface area contributed by atoms with Crippen molar-refractivity contribution in [1.29, 1.82) is 0 Å². The smallest absolute Gasteiger partial charge is 0.391 e. The maximum absolute atomic E-state index is 12.4. The lowest BCUT2D eigenvalue weighted by molar-refractivity contribution is -0.171. The predicted octanol–water partition coefficient (Wildman–Crippen LogP) is 3.55. The molecule has 0 aliphatic heterocycles. The average Bonchev–Trinajstić information content (AvgIpc) is 2.30. The zero-order valence-electron chi connectivity index (χ0n) is 11.3. The quantitative estimate of drug-likeness (QED) is 0.408. The minimum Gasteiger partial charge on any atom is -0.391 e. The molecule has 3 nitrogen and oxygen atoms in total. The van der Waals surface area contributed by atoms with Gasteiger partial charge in [0, 0.05) is 0 Å². The summed E-state index contributed by atoms with van der Waals surface area (Å²) in [5.41, 5.74) is 5.15. The van der Waals surface area contributed by atoms with E-state index in [0.717, 1.165) is 6.92 Å². The number of nitrogens with two attached hydrogens (primary N) is 1. The van der Waals surface area contributed by atoms with Gasteiger partial charge in [-0.05, 0) is 12.8 Å². The first kappa shape index (κ1) is 21.7. The van der Waals surface area contributed by atoms with Crippen molar-refractivity contribution in [2.45, 2.75) is 42.7 Å². The Morgan fingerprint density at radius 2 is 1.64 bits per heavy atom. The van der Waals surface area contributed by atoms with E-state index in [1.807, 2.05) is 0 Å². The van der Waals surface area contributed by atoms with E-state index in [1.165, 1.54) is 0 Å². The Labute approximate surface area is 134 Å². The maximum atomic E-state index is 12.4. The fraction of sp³-hybridized carbons (Fsp3) is 0.900. The molecule has 0 aromatic rings. The standard InChI is InChI=1S/C10H14ClF6NO2S2/c1-6(10(15,16)17)2-3-8(11,7(18)21)22(19,20)5-4-9(12,13)14/h6H,2-5H2,1H3,(H2,18,21). The topological polar surface area (TPSA) is 60.2 Å². The van der Waals surface area contributed by atoms with Gasteiger partial charge in [0.05, 0.1) is 18.1 Å². The first-order chi connectivity index (χ1) is 9.53. The molecule has 2 atom stereocenters. The van der Waals surface area contributed by atoms with Crippen molar-refractivity contribution in [2.24, 2.45) is 11.7 Å². The largest absolute Gasteiger partial charge is 0.391 e. The molecule has 0 aromatic carbocycles. The third-order valence-corrected chi connectivity index (χ3v) is 6.81. The molecule has 0 bridgehead atoms. The van der Waals surface area contributed by atoms with Gasteiger partial charge in [0.15, 0.2) is 14.0 Å². The van der Waals surface area contributed by atoms with Gasteiger partial charge in [-0.25, -0.2) is 8.42 Å². The summed E-state index contributed by atoms with van der Waals surface area (Å²) in [5, 5.41) is 0. The van der Waals surface area contributed by atoms with E-state index in [1.54, 1.807) is 0 Å². The highest BCUT2D eigenvalue weighted by molar-refractivity contribution is 7.96. The van der Waals surface area contributed by atoms with Gasteiger partial charge in [-0.15, -0.1) is 0 Å². The molecular weight excluding hydrogens is 380 g/mol. The molecule has 2 unspecified atom stereocenters. The van der Waals surface area contributed by atoms with Crippen LogP contribution in [0.15, 0.2) is 0 Å². The second-order valence-electron chi connectivity index (χ2n) is 4.76. The molecule has 0 aliphatic rings. The highest BCUT2D eigenvalue weighted by atomic mass is 35.5. The second-order valence-corrected chi connectivity index (χ2v) is 8.40. The summed E-state index contributed by atoms with van der Waals surface area (Å²) in [5.74, 6) is -3.31. The molecule has 0 aliphatic carbocycles. The van der Waals surface area contributed by atoms with Crippen LogP contribution in [0.2, 0.25) is 0 Å². The van der Waals surface area contributed by atoms with E-state index in [0.29, 0.717) is 0 Å². The van der Waals surface area contributed by atoms with Crippen LogP contribution in [-0.4, -0.2) is 35.7 Å². The molecule has 0 spiro atoms. The monoisotopic (exact) mass is 393 g/mol. The van der Waals surface area contributed by atoms with E-state index in [-0.39, 0.29) is 0 Å². The third-order valence-electron chi connectivity index (χ3n) is 2.97. The Morgan fingerprint density at radius 1 is 1.18 bits per heavy atom. The molecule has 0 saturated heterocycles. The van der Waals surface area contributed by atoms with Crippen LogP contribution in [0.25, 0.3) is 0 Å². The Balaban J connectivity index is 5.22. The van der Waals surface area contributed by atoms with Crippen molar-refractivity contribution in [3.63, 3.8) is 0 Å². The molecule has 0 rings (SSSR count). The zero-order chi connectivity index (χ0) is 18.0. The number of alkyl halides is 7. The van der Waals surface area contributed by atoms with Gasteiger partial charge in [0.2, 0.25) is 0 Å². The molecule has 0 saturated carbocycles. The van der Waals surface area contributed by atoms with Gasteiger partial charge >= 0.3 is 12.4 Å². The minimum atomic E-state index is -4.76. The van der Waals surface area contributed by atoms with Crippen molar-refractivity contribution < 1.29 is 34.8 Å². The molecule has 0 fully saturated rings. The zero-order valence-corrected chi connectivity index (χ0v) is 13.7. The summed E-state index contributed by atoms with van der Waals surface area (Å²) in [6, 6.07) is 0. The lowest BCUT2D eigenvalue weighted by Crippen LogP contribution is -2.46. The van der Waals surface area contributed by atoms with Crippen LogP contribution in [0.1, 0.15) is 26.2 Å². The van der Waals surface area contributed by atoms with Crippen LogP contribution in [0.4, 0.5) is 26.3 Å². The SMILES string of the molecule is CC(CCC(Cl)(C(N)=S)S(=O)(=O)CCC(F)(F)F)C(F)(F)F. The van der Waals surface area contributed by atoms with Crippen LogP contribution in [0.5, 0.6) is 0 Å². The van der Waals surface area contributed by atoms with Crippen LogP contribution < -0.4 is 5.73 Å². The van der Waals surface area contributed by atoms with Gasteiger partial charge < -0.3 is 5.73 Å². The molecule has 12 heteroatoms. The lowest BCUT2D eigenvalue weighted by Gasteiger charge is -2.27. The molecule has 0 heterocycles. The number of rotatable bonds is 7. The van der Waals surface area contributed by atoms with E-state index in [9.17, 15) is 34.8 Å². The third kappa shape index (κ3) is 6.07. The fourth-order valence-corrected chi connectivity index (χ4v) is 3.79. The van der Waals surface area contributed by atoms with Gasteiger partial charge in [0.25, 0.3) is 0 Å². The summed E-state index contributed by atoms with van der Waals surface area (Å²) in [6.45, 7) is 0.791. The van der Waals surface area contributed by atoms with Crippen molar-refractivity contribution in [1.82, 2.24) is 0 Å². The van der Waals surface area contributed by atoms with Gasteiger partial charge in [-0.1, -0.05) is 30.7 Å². The van der Waals surface area contributed by atoms with Crippen molar-refractivity contribution in [3.05, 3.63) is 0 Å². The number of hydrogen-bond donors (Lipinski definition) is 1. The van der Waals surface area contributed by atoms with Crippen LogP contribution >= 0.6 is 23.8 Å². The van der Waals surface area contributed by atoms with E-state index in [2.05, 4.69) is 12.2 Å². The molecule has 0 amide bonds. The average molecular weight is 394 g/mol. The molecule has 0 aromatic heterocycles. The summed E-state index contributed by atoms with van der Waals surface area (Å²) >= 11 is 10.1. The van der Waals surface area contributed by atoms with Crippen LogP contribution in [0, 0.1) is 5.92 Å². The number of thiocarbonyl (C=S) groups is 1. The first-order valence-electron chi connectivity index (χ1n) is 5.87. The van der Waals surface area contributed by atoms with Crippen LogP contribution in [-0.2, 0) is 9.84 Å². The van der Waals surface area contributed by atoms with Gasteiger partial charge in [-0.2, -0.15) is 26.3 Å². The summed E-state index contributed by atoms with van der Waals surface area (Å²) in [7, 11) is -4.68. The Morgan fingerprint density at radius 3 is 1.95 bits per heavy atom. The Kier molecular flexibility index (Phi) is 6.99. The molecule has 132 valence electrons. The fourth-order valence-electron chi connectivity index (χ4n) is 1.41. The van der Waals surface area contributed by atoms with E-state index >= 15 is 0 Å². The van der Waals surface area contributed by atoms with E-state index in [4.69, 9.17) is 17.3 Å². The minimum absolute atomic E-state index is 0.740. The Bertz CT molecular complexity index is 505. The second kappa shape index (κ2) is 7.08. The highest BCUT2D eigenvalue weighted by Crippen LogP contribution is 2.37. The number of hydrogen-bond acceptors (Lipinski definition) is 3. The number of sulfone groups is 1.